The van der Waals surface area contributed by atoms with Crippen LogP contribution in [-0.2, 0) is 11.3 Å². The van der Waals surface area contributed by atoms with Crippen LogP contribution in [0.5, 0.6) is 0 Å². The zero-order valence-electron chi connectivity index (χ0n) is 11.1. The highest BCUT2D eigenvalue weighted by atomic mass is 32.1. The van der Waals surface area contributed by atoms with Crippen molar-refractivity contribution in [3.8, 4) is 0 Å². The van der Waals surface area contributed by atoms with Gasteiger partial charge in [0, 0.05) is 11.1 Å². The van der Waals surface area contributed by atoms with Gasteiger partial charge in [-0.05, 0) is 13.8 Å². The van der Waals surface area contributed by atoms with E-state index >= 15 is 0 Å². The van der Waals surface area contributed by atoms with Crippen LogP contribution in [0.25, 0.3) is 0 Å². The molecule has 1 unspecified atom stereocenters. The maximum atomic E-state index is 11.7. The highest BCUT2D eigenvalue weighted by Crippen LogP contribution is 2.30. The van der Waals surface area contributed by atoms with Crippen LogP contribution in [0.15, 0.2) is 12.5 Å². The Labute approximate surface area is 119 Å². The van der Waals surface area contributed by atoms with Crippen molar-refractivity contribution in [2.45, 2.75) is 26.4 Å². The molecule has 2 aromatic heterocycles. The van der Waals surface area contributed by atoms with E-state index in [4.69, 9.17) is 0 Å². The Hall–Kier alpha value is -2.22. The molecule has 1 amide bonds. The van der Waals surface area contributed by atoms with Crippen LogP contribution in [-0.4, -0.2) is 26.9 Å². The number of amides is 1. The number of nitrogens with one attached hydrogen (secondary N) is 3. The molecule has 2 aromatic rings. The fourth-order valence-electron chi connectivity index (χ4n) is 1.91. The predicted molar refractivity (Wildman–Crippen MR) is 77.9 cm³/mol. The van der Waals surface area contributed by atoms with Gasteiger partial charge in [-0.1, -0.05) is 0 Å². The van der Waals surface area contributed by atoms with Crippen LogP contribution in [0.2, 0.25) is 0 Å². The largest absolute Gasteiger partial charge is 0.363 e. The van der Waals surface area contributed by atoms with Gasteiger partial charge in [-0.2, -0.15) is 0 Å². The van der Waals surface area contributed by atoms with Crippen LogP contribution < -0.4 is 16.0 Å². The fraction of sp³-hybridized carbons (Fsp3) is 0.333. The summed E-state index contributed by atoms with van der Waals surface area (Å²) in [4.78, 5) is 25.4. The molecule has 1 aliphatic heterocycles. The molecule has 1 atom stereocenters. The monoisotopic (exact) mass is 290 g/mol. The zero-order valence-corrected chi connectivity index (χ0v) is 11.9. The second-order valence-corrected chi connectivity index (χ2v) is 5.82. The van der Waals surface area contributed by atoms with Crippen molar-refractivity contribution < 1.29 is 4.79 Å². The minimum Gasteiger partial charge on any atom is -0.363 e. The van der Waals surface area contributed by atoms with Gasteiger partial charge in [0.15, 0.2) is 11.6 Å². The summed E-state index contributed by atoms with van der Waals surface area (Å²) in [5, 5.41) is 10.1. The van der Waals surface area contributed by atoms with E-state index in [2.05, 4.69) is 30.9 Å². The molecule has 0 aromatic carbocycles. The second kappa shape index (κ2) is 5.04. The van der Waals surface area contributed by atoms with Gasteiger partial charge in [0.05, 0.1) is 11.6 Å². The normalized spacial score (nSPS) is 17.1. The molecule has 0 saturated carbocycles. The van der Waals surface area contributed by atoms with Crippen molar-refractivity contribution in [2.24, 2.45) is 0 Å². The smallest absolute Gasteiger partial charge is 0.246 e. The molecule has 0 aliphatic carbocycles. The molecule has 1 aliphatic rings. The van der Waals surface area contributed by atoms with E-state index in [9.17, 15) is 4.79 Å². The summed E-state index contributed by atoms with van der Waals surface area (Å²) in [6.45, 7) is 4.36. The van der Waals surface area contributed by atoms with Crippen molar-refractivity contribution in [1.29, 1.82) is 0 Å². The van der Waals surface area contributed by atoms with Crippen molar-refractivity contribution in [2.75, 3.05) is 16.0 Å². The standard InChI is InChI=1S/C12H14N6OS/c1-6-12(19)18-9-10(15-5-16-11(9)17-6)14-4-8-3-13-7(2)20-8/h3,5-6H,4H2,1-2H3,(H,18,19)(H2,14,15,16,17). The average molecular weight is 290 g/mol. The Bertz CT molecular complexity index is 655. The first-order valence-corrected chi connectivity index (χ1v) is 7.02. The number of fused-ring (bicyclic) bond motifs is 1. The van der Waals surface area contributed by atoms with Gasteiger partial charge >= 0.3 is 0 Å². The number of aromatic nitrogens is 3. The van der Waals surface area contributed by atoms with E-state index in [0.717, 1.165) is 9.88 Å². The molecule has 0 radical (unpaired) electrons. The molecule has 0 spiro atoms. The third-order valence-corrected chi connectivity index (χ3v) is 3.85. The molecule has 0 saturated heterocycles. The van der Waals surface area contributed by atoms with Crippen LogP contribution in [0.4, 0.5) is 17.3 Å². The maximum absolute atomic E-state index is 11.7. The third kappa shape index (κ3) is 2.42. The molecule has 0 fully saturated rings. The first-order valence-electron chi connectivity index (χ1n) is 6.21. The number of carbonyl (C=O) groups is 1. The number of thiazole rings is 1. The Morgan fingerprint density at radius 1 is 1.40 bits per heavy atom. The highest BCUT2D eigenvalue weighted by Gasteiger charge is 2.25. The molecular formula is C12H14N6OS. The number of hydrogen-bond acceptors (Lipinski definition) is 7. The van der Waals surface area contributed by atoms with Crippen molar-refractivity contribution in [3.05, 3.63) is 22.4 Å². The van der Waals surface area contributed by atoms with Crippen LogP contribution in [0, 0.1) is 6.92 Å². The predicted octanol–water partition coefficient (Wildman–Crippen LogP) is 1.61. The van der Waals surface area contributed by atoms with E-state index in [1.807, 2.05) is 13.1 Å². The summed E-state index contributed by atoms with van der Waals surface area (Å²) in [5.74, 6) is 1.15. The quantitative estimate of drug-likeness (QED) is 0.795. The van der Waals surface area contributed by atoms with Crippen molar-refractivity contribution >= 4 is 34.6 Å². The fourth-order valence-corrected chi connectivity index (χ4v) is 2.64. The maximum Gasteiger partial charge on any atom is 0.246 e. The van der Waals surface area contributed by atoms with E-state index in [1.165, 1.54) is 6.33 Å². The zero-order chi connectivity index (χ0) is 14.1. The summed E-state index contributed by atoms with van der Waals surface area (Å²) in [5.41, 5.74) is 0.594. The first kappa shape index (κ1) is 12.8. The van der Waals surface area contributed by atoms with Gasteiger partial charge in [0.25, 0.3) is 0 Å². The lowest BCUT2D eigenvalue weighted by Gasteiger charge is -2.24. The summed E-state index contributed by atoms with van der Waals surface area (Å²) < 4.78 is 0. The molecule has 3 N–H and O–H groups in total. The minimum atomic E-state index is -0.297. The average Bonchev–Trinajstić information content (AvgIpc) is 2.84. The SMILES string of the molecule is Cc1ncc(CNc2ncnc3c2NC(=O)C(C)N3)s1. The number of anilines is 3. The van der Waals surface area contributed by atoms with E-state index in [-0.39, 0.29) is 11.9 Å². The Morgan fingerprint density at radius 3 is 3.00 bits per heavy atom. The number of rotatable bonds is 3. The van der Waals surface area contributed by atoms with Gasteiger partial charge < -0.3 is 16.0 Å². The molecule has 3 rings (SSSR count). The molecular weight excluding hydrogens is 276 g/mol. The lowest BCUT2D eigenvalue weighted by Crippen LogP contribution is -2.37. The molecule has 0 bridgehead atoms. The number of carbonyl (C=O) groups excluding carboxylic acids is 1. The molecule has 7 nitrogen and oxygen atoms in total. The summed E-state index contributed by atoms with van der Waals surface area (Å²) >= 11 is 1.63. The highest BCUT2D eigenvalue weighted by molar-refractivity contribution is 7.11. The van der Waals surface area contributed by atoms with E-state index in [1.54, 1.807) is 18.3 Å². The van der Waals surface area contributed by atoms with Gasteiger partial charge in [-0.3, -0.25) is 4.79 Å². The minimum absolute atomic E-state index is 0.0935. The van der Waals surface area contributed by atoms with Gasteiger partial charge in [-0.15, -0.1) is 11.3 Å². The Morgan fingerprint density at radius 2 is 2.25 bits per heavy atom. The summed E-state index contributed by atoms with van der Waals surface area (Å²) in [6.07, 6.45) is 3.30. The molecule has 8 heteroatoms. The van der Waals surface area contributed by atoms with Gasteiger partial charge in [-0.25, -0.2) is 15.0 Å². The van der Waals surface area contributed by atoms with E-state index < -0.39 is 0 Å². The van der Waals surface area contributed by atoms with E-state index in [0.29, 0.717) is 23.9 Å². The second-order valence-electron chi connectivity index (χ2n) is 4.50. The Balaban J connectivity index is 1.80. The van der Waals surface area contributed by atoms with Crippen LogP contribution >= 0.6 is 11.3 Å². The first-order chi connectivity index (χ1) is 9.63. The van der Waals surface area contributed by atoms with Crippen molar-refractivity contribution in [1.82, 2.24) is 15.0 Å². The number of nitrogens with zero attached hydrogens (tertiary/aromatic N) is 3. The number of hydrogen-bond donors (Lipinski definition) is 3. The van der Waals surface area contributed by atoms with Gasteiger partial charge in [0.1, 0.15) is 18.1 Å². The molecule has 104 valence electrons. The third-order valence-electron chi connectivity index (χ3n) is 2.94. The lowest BCUT2D eigenvalue weighted by molar-refractivity contribution is -0.116. The topological polar surface area (TPSA) is 91.8 Å². The van der Waals surface area contributed by atoms with Crippen LogP contribution in [0.1, 0.15) is 16.8 Å². The lowest BCUT2D eigenvalue weighted by atomic mass is 10.2. The summed E-state index contributed by atoms with van der Waals surface area (Å²) in [7, 11) is 0. The molecule has 3 heterocycles. The van der Waals surface area contributed by atoms with Crippen molar-refractivity contribution in [3.63, 3.8) is 0 Å². The molecule has 20 heavy (non-hydrogen) atoms. The van der Waals surface area contributed by atoms with Crippen LogP contribution in [0.3, 0.4) is 0 Å². The Kier molecular flexibility index (Phi) is 3.23. The van der Waals surface area contributed by atoms with Gasteiger partial charge in [0.2, 0.25) is 5.91 Å². The number of aryl methyl sites for hydroxylation is 1. The summed E-state index contributed by atoms with van der Waals surface area (Å²) in [6, 6.07) is -0.297.